The van der Waals surface area contributed by atoms with Gasteiger partial charge in [-0.15, -0.1) is 9.79 Å². The average Bonchev–Trinajstić information content (AvgIpc) is 2.57. The largest absolute Gasteiger partial charge is 2.00 e. The van der Waals surface area contributed by atoms with Gasteiger partial charge in [-0.05, 0) is 22.9 Å². The molecule has 2 nitrogen and oxygen atoms in total. The third-order valence-corrected chi connectivity index (χ3v) is 3.85. The van der Waals surface area contributed by atoms with Crippen molar-refractivity contribution in [1.82, 2.24) is 9.97 Å². The molecular formula is C18H12N2PdS2. The van der Waals surface area contributed by atoms with Gasteiger partial charge in [-0.3, -0.25) is 9.97 Å². The second-order valence-corrected chi connectivity index (χ2v) is 5.54. The van der Waals surface area contributed by atoms with E-state index in [0.717, 1.165) is 31.6 Å². The maximum Gasteiger partial charge on any atom is 2.00 e. The zero-order valence-corrected chi connectivity index (χ0v) is 15.1. The molecule has 0 amide bonds. The van der Waals surface area contributed by atoms with E-state index in [9.17, 15) is 0 Å². The number of para-hydroxylation sites is 2. The maximum atomic E-state index is 5.09. The van der Waals surface area contributed by atoms with E-state index < -0.39 is 0 Å². The zero-order chi connectivity index (χ0) is 15.4. The van der Waals surface area contributed by atoms with Gasteiger partial charge >= 0.3 is 20.4 Å². The van der Waals surface area contributed by atoms with Crippen molar-refractivity contribution in [3.8, 4) is 0 Å². The third kappa shape index (κ3) is 4.21. The van der Waals surface area contributed by atoms with Gasteiger partial charge < -0.3 is 25.3 Å². The van der Waals surface area contributed by atoms with Crippen molar-refractivity contribution in [2.45, 2.75) is 9.79 Å². The second-order valence-electron chi connectivity index (χ2n) is 4.66. The standard InChI is InChI=1S/2C9H7NS.Pd/c2*11-8-5-1-3-7-4-2-6-10-9(7)8;/h2*1-6,11H;/q;;+2/p-2. The summed E-state index contributed by atoms with van der Waals surface area (Å²) in [5, 5.41) is 2.22. The third-order valence-electron chi connectivity index (χ3n) is 3.19. The molecule has 2 aromatic carbocycles. The summed E-state index contributed by atoms with van der Waals surface area (Å²) in [5.74, 6) is 0. The van der Waals surface area contributed by atoms with Gasteiger partial charge in [0.25, 0.3) is 0 Å². The van der Waals surface area contributed by atoms with E-state index in [4.69, 9.17) is 25.3 Å². The summed E-state index contributed by atoms with van der Waals surface area (Å²) in [7, 11) is 0. The van der Waals surface area contributed by atoms with Crippen LogP contribution in [0.15, 0.2) is 82.8 Å². The minimum Gasteiger partial charge on any atom is -0.778 e. The van der Waals surface area contributed by atoms with Crippen molar-refractivity contribution in [1.29, 1.82) is 0 Å². The molecule has 0 atom stereocenters. The Kier molecular flexibility index (Phi) is 6.38. The van der Waals surface area contributed by atoms with Crippen LogP contribution in [0.4, 0.5) is 0 Å². The molecule has 0 saturated heterocycles. The Morgan fingerprint density at radius 3 is 1.35 bits per heavy atom. The summed E-state index contributed by atoms with van der Waals surface area (Å²) in [6.07, 6.45) is 3.52. The summed E-state index contributed by atoms with van der Waals surface area (Å²) in [5.41, 5.74) is 1.84. The molecule has 116 valence electrons. The molecule has 0 N–H and O–H groups in total. The predicted molar refractivity (Wildman–Crippen MR) is 94.7 cm³/mol. The van der Waals surface area contributed by atoms with Crippen LogP contribution in [0.1, 0.15) is 0 Å². The van der Waals surface area contributed by atoms with E-state index in [2.05, 4.69) is 9.97 Å². The molecular weight excluding hydrogens is 415 g/mol. The van der Waals surface area contributed by atoms with Crippen LogP contribution in [0.3, 0.4) is 0 Å². The quantitative estimate of drug-likeness (QED) is 0.310. The number of pyridine rings is 2. The number of nitrogens with zero attached hydrogens (tertiary/aromatic N) is 2. The van der Waals surface area contributed by atoms with E-state index in [-0.39, 0.29) is 20.4 Å². The van der Waals surface area contributed by atoms with Crippen LogP contribution in [0.5, 0.6) is 0 Å². The van der Waals surface area contributed by atoms with Crippen LogP contribution in [0.25, 0.3) is 21.8 Å². The normalized spacial score (nSPS) is 9.74. The van der Waals surface area contributed by atoms with Crippen molar-refractivity contribution in [3.05, 3.63) is 73.1 Å². The fraction of sp³-hybridized carbons (Fsp3) is 0. The molecule has 0 fully saturated rings. The molecule has 0 aliphatic carbocycles. The van der Waals surface area contributed by atoms with Crippen molar-refractivity contribution >= 4 is 47.1 Å². The molecule has 2 heterocycles. The molecule has 23 heavy (non-hydrogen) atoms. The Morgan fingerprint density at radius 1 is 0.565 bits per heavy atom. The van der Waals surface area contributed by atoms with Crippen LogP contribution in [0, 0.1) is 0 Å². The Hall–Kier alpha value is -1.64. The van der Waals surface area contributed by atoms with Crippen molar-refractivity contribution in [3.63, 3.8) is 0 Å². The van der Waals surface area contributed by atoms with Gasteiger partial charge in [0, 0.05) is 12.4 Å². The molecule has 2 aromatic heterocycles. The fourth-order valence-electron chi connectivity index (χ4n) is 2.15. The van der Waals surface area contributed by atoms with Gasteiger partial charge in [0.2, 0.25) is 0 Å². The first-order valence-electron chi connectivity index (χ1n) is 6.77. The summed E-state index contributed by atoms with van der Waals surface area (Å²) < 4.78 is 0. The number of aromatic nitrogens is 2. The molecule has 5 heteroatoms. The number of fused-ring (bicyclic) bond motifs is 2. The van der Waals surface area contributed by atoms with Gasteiger partial charge in [-0.1, -0.05) is 48.5 Å². The Morgan fingerprint density at radius 2 is 0.957 bits per heavy atom. The monoisotopic (exact) mass is 426 g/mol. The van der Waals surface area contributed by atoms with E-state index in [1.54, 1.807) is 12.4 Å². The molecule has 0 spiro atoms. The van der Waals surface area contributed by atoms with Crippen LogP contribution in [0.2, 0.25) is 0 Å². The van der Waals surface area contributed by atoms with E-state index in [1.807, 2.05) is 60.7 Å². The van der Waals surface area contributed by atoms with Crippen molar-refractivity contribution in [2.75, 3.05) is 0 Å². The molecule has 0 unspecified atom stereocenters. The van der Waals surface area contributed by atoms with E-state index in [0.29, 0.717) is 0 Å². The first-order chi connectivity index (χ1) is 10.8. The summed E-state index contributed by atoms with van der Waals surface area (Å²) in [6.45, 7) is 0. The smallest absolute Gasteiger partial charge is 0.778 e. The number of rotatable bonds is 0. The fourth-order valence-corrected chi connectivity index (χ4v) is 2.65. The molecule has 0 bridgehead atoms. The van der Waals surface area contributed by atoms with Crippen LogP contribution in [-0.2, 0) is 45.7 Å². The van der Waals surface area contributed by atoms with E-state index >= 15 is 0 Å². The second kappa shape index (κ2) is 8.28. The topological polar surface area (TPSA) is 25.8 Å². The number of hydrogen-bond acceptors (Lipinski definition) is 4. The van der Waals surface area contributed by atoms with Gasteiger partial charge in [-0.25, -0.2) is 0 Å². The van der Waals surface area contributed by atoms with E-state index in [1.165, 1.54) is 0 Å². The van der Waals surface area contributed by atoms with Crippen LogP contribution in [-0.4, -0.2) is 9.97 Å². The molecule has 0 aliphatic heterocycles. The van der Waals surface area contributed by atoms with Gasteiger partial charge in [0.05, 0.1) is 11.0 Å². The molecule has 0 saturated carbocycles. The van der Waals surface area contributed by atoms with Crippen molar-refractivity contribution in [2.24, 2.45) is 0 Å². The Bertz CT molecular complexity index is 841. The number of hydrogen-bond donors (Lipinski definition) is 0. The summed E-state index contributed by atoms with van der Waals surface area (Å²) >= 11 is 10.2. The first-order valence-corrected chi connectivity index (χ1v) is 7.59. The molecule has 0 aliphatic rings. The zero-order valence-electron chi connectivity index (χ0n) is 12.0. The first kappa shape index (κ1) is 17.7. The maximum absolute atomic E-state index is 5.09. The Balaban J connectivity index is 0.000000160. The minimum absolute atomic E-state index is 0. The van der Waals surface area contributed by atoms with Gasteiger partial charge in [0.1, 0.15) is 0 Å². The molecule has 0 radical (unpaired) electrons. The summed E-state index contributed by atoms with van der Waals surface area (Å²) in [6, 6.07) is 19.6. The van der Waals surface area contributed by atoms with Crippen LogP contribution >= 0.6 is 0 Å². The van der Waals surface area contributed by atoms with Crippen molar-refractivity contribution < 1.29 is 20.4 Å². The van der Waals surface area contributed by atoms with Crippen LogP contribution < -0.4 is 0 Å². The predicted octanol–water partition coefficient (Wildman–Crippen LogP) is 4.28. The van der Waals surface area contributed by atoms with Gasteiger partial charge in [0.15, 0.2) is 0 Å². The van der Waals surface area contributed by atoms with Gasteiger partial charge in [-0.2, -0.15) is 0 Å². The minimum atomic E-state index is 0. The summed E-state index contributed by atoms with van der Waals surface area (Å²) in [4.78, 5) is 10.00. The number of benzene rings is 2. The molecule has 4 aromatic rings. The molecule has 4 rings (SSSR count). The Labute approximate surface area is 159 Å². The average molecular weight is 427 g/mol. The SMILES string of the molecule is [Pd+2].[S-]c1cccc2cccnc12.[S-]c1cccc2cccnc12.